The van der Waals surface area contributed by atoms with E-state index in [-0.39, 0.29) is 16.6 Å². The summed E-state index contributed by atoms with van der Waals surface area (Å²) in [5.41, 5.74) is 5.89. The standard InChI is InChI=1S/C29H33N3O/c1-27-11-10-23-15-22-6-7-24(32(2)3)16-28(22)12-13-29(23,33-28)26(27)9-8-25(27)19-4-5-20-17-30-31-18-21(20)14-19/h4-5,8,10,14-15,17-18,24,26H,6-7,9,11-13,16H2,1-3H3/p+1/t24?,26-,27?,28-,29-/m1/s1. The van der Waals surface area contributed by atoms with E-state index in [9.17, 15) is 0 Å². The largest absolute Gasteiger partial charge is 0.359 e. The monoisotopic (exact) mass is 440 g/mol. The van der Waals surface area contributed by atoms with Crippen molar-refractivity contribution in [1.82, 2.24) is 10.2 Å². The summed E-state index contributed by atoms with van der Waals surface area (Å²) in [4.78, 5) is 1.58. The van der Waals surface area contributed by atoms with Crippen molar-refractivity contribution in [3.63, 3.8) is 0 Å². The topological polar surface area (TPSA) is 39.5 Å². The highest BCUT2D eigenvalue weighted by Crippen LogP contribution is 2.67. The Balaban J connectivity index is 1.28. The molecule has 170 valence electrons. The number of nitrogens with one attached hydrogen (secondary N) is 1. The summed E-state index contributed by atoms with van der Waals surface area (Å²) >= 11 is 0. The number of quaternary nitrogens is 1. The van der Waals surface area contributed by atoms with Crippen LogP contribution in [0.15, 0.2) is 60.0 Å². The van der Waals surface area contributed by atoms with Crippen molar-refractivity contribution in [2.75, 3.05) is 14.1 Å². The molecule has 1 aromatic carbocycles. The van der Waals surface area contributed by atoms with Gasteiger partial charge in [-0.2, -0.15) is 10.2 Å². The van der Waals surface area contributed by atoms with Crippen molar-refractivity contribution < 1.29 is 9.64 Å². The molecule has 1 aromatic heterocycles. The molecule has 1 saturated carbocycles. The van der Waals surface area contributed by atoms with Gasteiger partial charge in [0.25, 0.3) is 0 Å². The van der Waals surface area contributed by atoms with Crippen LogP contribution in [0.1, 0.15) is 57.4 Å². The molecule has 2 fully saturated rings. The minimum Gasteiger partial charge on any atom is -0.359 e. The second-order valence-corrected chi connectivity index (χ2v) is 11.7. The highest BCUT2D eigenvalue weighted by molar-refractivity contribution is 5.86. The summed E-state index contributed by atoms with van der Waals surface area (Å²) in [5, 5.41) is 10.5. The van der Waals surface area contributed by atoms with Gasteiger partial charge in [-0.25, -0.2) is 0 Å². The zero-order valence-corrected chi connectivity index (χ0v) is 20.0. The summed E-state index contributed by atoms with van der Waals surface area (Å²) in [6.45, 7) is 2.49. The SMILES string of the molecule is C[NH+](C)C1CCC2=CC3=CCC4(C)C(c5ccc6cnncc6c5)=CC[C@H]4[C@@]34CC[C@]2(C1)O4. The van der Waals surface area contributed by atoms with Crippen LogP contribution in [0.4, 0.5) is 0 Å². The van der Waals surface area contributed by atoms with Crippen LogP contribution in [0.25, 0.3) is 16.3 Å². The van der Waals surface area contributed by atoms with Gasteiger partial charge in [0.1, 0.15) is 0 Å². The third-order valence-corrected chi connectivity index (χ3v) is 9.95. The van der Waals surface area contributed by atoms with Crippen LogP contribution in [-0.2, 0) is 4.74 Å². The number of nitrogens with zero attached hydrogens (tertiary/aromatic N) is 2. The highest BCUT2D eigenvalue weighted by Gasteiger charge is 2.65. The molecule has 5 atom stereocenters. The van der Waals surface area contributed by atoms with E-state index in [1.807, 2.05) is 12.4 Å². The van der Waals surface area contributed by atoms with E-state index in [1.54, 1.807) is 10.5 Å². The van der Waals surface area contributed by atoms with E-state index in [4.69, 9.17) is 4.74 Å². The summed E-state index contributed by atoms with van der Waals surface area (Å²) in [5.74, 6) is 0.510. The Kier molecular flexibility index (Phi) is 4.05. The number of hydrogen-bond donors (Lipinski definition) is 1. The average Bonchev–Trinajstić information content (AvgIpc) is 3.33. The first kappa shape index (κ1) is 20.1. The molecule has 3 heterocycles. The van der Waals surface area contributed by atoms with Crippen molar-refractivity contribution in [2.45, 2.75) is 69.1 Å². The number of benzene rings is 1. The molecular formula is C29H34N3O+. The molecule has 1 saturated heterocycles. The fourth-order valence-electron chi connectivity index (χ4n) is 8.09. The van der Waals surface area contributed by atoms with Crippen LogP contribution in [0, 0.1) is 11.3 Å². The van der Waals surface area contributed by atoms with Crippen LogP contribution in [0.3, 0.4) is 0 Å². The number of rotatable bonds is 2. The Hall–Kier alpha value is -2.30. The molecule has 7 rings (SSSR count). The van der Waals surface area contributed by atoms with Gasteiger partial charge in [-0.3, -0.25) is 0 Å². The average molecular weight is 441 g/mol. The maximum Gasteiger partial charge on any atom is 0.0980 e. The number of allylic oxidation sites excluding steroid dienone is 3. The van der Waals surface area contributed by atoms with Crippen molar-refractivity contribution in [3.05, 3.63) is 65.5 Å². The molecule has 2 aliphatic heterocycles. The van der Waals surface area contributed by atoms with Gasteiger partial charge < -0.3 is 9.64 Å². The van der Waals surface area contributed by atoms with Gasteiger partial charge in [-0.15, -0.1) is 0 Å². The van der Waals surface area contributed by atoms with Crippen LogP contribution in [-0.4, -0.2) is 41.5 Å². The fraction of sp³-hybridized carbons (Fsp3) is 0.517. The molecule has 3 aliphatic carbocycles. The summed E-state index contributed by atoms with van der Waals surface area (Å²) in [6, 6.07) is 7.49. The first-order valence-corrected chi connectivity index (χ1v) is 12.8. The Morgan fingerprint density at radius 1 is 1.06 bits per heavy atom. The van der Waals surface area contributed by atoms with Crippen LogP contribution in [0.2, 0.25) is 0 Å². The zero-order valence-electron chi connectivity index (χ0n) is 20.0. The Bertz CT molecular complexity index is 1260. The Labute approximate surface area is 196 Å². The first-order chi connectivity index (χ1) is 15.9. The van der Waals surface area contributed by atoms with Crippen molar-refractivity contribution in [2.24, 2.45) is 11.3 Å². The van der Waals surface area contributed by atoms with Gasteiger partial charge in [0.2, 0.25) is 0 Å². The highest BCUT2D eigenvalue weighted by atomic mass is 16.5. The normalized spacial score (nSPS) is 39.0. The predicted octanol–water partition coefficient (Wildman–Crippen LogP) is 4.29. The van der Waals surface area contributed by atoms with Gasteiger partial charge in [-0.1, -0.05) is 37.3 Å². The van der Waals surface area contributed by atoms with Crippen LogP contribution < -0.4 is 4.90 Å². The van der Waals surface area contributed by atoms with E-state index in [1.165, 1.54) is 54.2 Å². The Morgan fingerprint density at radius 3 is 2.76 bits per heavy atom. The van der Waals surface area contributed by atoms with E-state index in [0.717, 1.165) is 18.2 Å². The van der Waals surface area contributed by atoms with E-state index < -0.39 is 0 Å². The second-order valence-electron chi connectivity index (χ2n) is 11.7. The number of fused-ring (bicyclic) bond motifs is 2. The second kappa shape index (κ2) is 6.64. The molecule has 33 heavy (non-hydrogen) atoms. The lowest BCUT2D eigenvalue weighted by Gasteiger charge is -2.54. The van der Waals surface area contributed by atoms with Gasteiger partial charge in [-0.05, 0) is 60.5 Å². The molecule has 1 N–H and O–H groups in total. The predicted molar refractivity (Wildman–Crippen MR) is 131 cm³/mol. The third-order valence-electron chi connectivity index (χ3n) is 9.95. The molecule has 2 aromatic rings. The smallest absolute Gasteiger partial charge is 0.0980 e. The maximum absolute atomic E-state index is 7.39. The van der Waals surface area contributed by atoms with Crippen molar-refractivity contribution in [3.8, 4) is 0 Å². The van der Waals surface area contributed by atoms with Crippen molar-refractivity contribution >= 4 is 16.3 Å². The lowest BCUT2D eigenvalue weighted by molar-refractivity contribution is -0.887. The first-order valence-electron chi connectivity index (χ1n) is 12.8. The summed E-state index contributed by atoms with van der Waals surface area (Å²) < 4.78 is 7.39. The quantitative estimate of drug-likeness (QED) is 0.757. The van der Waals surface area contributed by atoms with E-state index in [2.05, 4.69) is 67.6 Å². The molecule has 2 spiro atoms. The molecule has 5 aliphatic rings. The fourth-order valence-corrected chi connectivity index (χ4v) is 8.09. The third kappa shape index (κ3) is 2.60. The molecule has 0 radical (unpaired) electrons. The van der Waals surface area contributed by atoms with Gasteiger partial charge in [0, 0.05) is 34.9 Å². The molecular weight excluding hydrogens is 406 g/mol. The number of hydrogen-bond acceptors (Lipinski definition) is 3. The van der Waals surface area contributed by atoms with E-state index >= 15 is 0 Å². The summed E-state index contributed by atoms with van der Waals surface area (Å²) in [7, 11) is 4.63. The molecule has 2 bridgehead atoms. The van der Waals surface area contributed by atoms with Crippen LogP contribution >= 0.6 is 0 Å². The Morgan fingerprint density at radius 2 is 1.91 bits per heavy atom. The minimum atomic E-state index is -0.111. The van der Waals surface area contributed by atoms with Gasteiger partial charge in [0.05, 0.1) is 43.7 Å². The van der Waals surface area contributed by atoms with Gasteiger partial charge in [0.15, 0.2) is 0 Å². The number of ether oxygens (including phenoxy) is 1. The maximum atomic E-state index is 7.39. The zero-order chi connectivity index (χ0) is 22.4. The van der Waals surface area contributed by atoms with Crippen LogP contribution in [0.5, 0.6) is 0 Å². The summed E-state index contributed by atoms with van der Waals surface area (Å²) in [6.07, 6.45) is 19.6. The minimum absolute atomic E-state index is 0.0137. The molecule has 4 heteroatoms. The molecule has 0 amide bonds. The number of aromatic nitrogens is 2. The lowest BCUT2D eigenvalue weighted by Crippen LogP contribution is -3.10. The molecule has 4 nitrogen and oxygen atoms in total. The van der Waals surface area contributed by atoms with Crippen molar-refractivity contribution in [1.29, 1.82) is 0 Å². The molecule has 2 unspecified atom stereocenters. The lowest BCUT2D eigenvalue weighted by atomic mass is 9.58. The van der Waals surface area contributed by atoms with Gasteiger partial charge >= 0.3 is 0 Å². The van der Waals surface area contributed by atoms with E-state index in [0.29, 0.717) is 12.0 Å².